The number of hydrogen-bond acceptors (Lipinski definition) is 6. The summed E-state index contributed by atoms with van der Waals surface area (Å²) in [7, 11) is 0. The highest BCUT2D eigenvalue weighted by Gasteiger charge is 2.15. The fraction of sp³-hybridized carbons (Fsp3) is 0.136. The van der Waals surface area contributed by atoms with Crippen molar-refractivity contribution in [3.8, 4) is 11.5 Å². The topological polar surface area (TPSA) is 60.3 Å². The quantitative estimate of drug-likeness (QED) is 0.171. The van der Waals surface area contributed by atoms with Crippen LogP contribution in [0.2, 0.25) is 0 Å². The summed E-state index contributed by atoms with van der Waals surface area (Å²) >= 11 is 1.46. The summed E-state index contributed by atoms with van der Waals surface area (Å²) in [6.45, 7) is 2.62. The molecule has 3 rings (SSSR count). The first-order valence-electron chi connectivity index (χ1n) is 9.11. The van der Waals surface area contributed by atoms with Crippen molar-refractivity contribution in [1.29, 1.82) is 0 Å². The third kappa shape index (κ3) is 6.05. The summed E-state index contributed by atoms with van der Waals surface area (Å²) in [5.74, 6) is -3.08. The minimum absolute atomic E-state index is 0.0510. The Morgan fingerprint density at radius 2 is 1.77 bits per heavy atom. The van der Waals surface area contributed by atoms with E-state index in [4.69, 9.17) is 9.47 Å². The first kappa shape index (κ1) is 21.3. The molecular weight excluding hydrogens is 410 g/mol. The zero-order chi connectivity index (χ0) is 21.3. The summed E-state index contributed by atoms with van der Waals surface area (Å²) in [6.07, 6.45) is 3.49. The van der Waals surface area contributed by atoms with Crippen LogP contribution in [0.3, 0.4) is 0 Å². The molecule has 8 heteroatoms. The van der Waals surface area contributed by atoms with E-state index in [-0.39, 0.29) is 5.69 Å². The molecule has 0 aliphatic heterocycles. The van der Waals surface area contributed by atoms with Crippen LogP contribution in [-0.2, 0) is 4.79 Å². The van der Waals surface area contributed by atoms with Gasteiger partial charge < -0.3 is 9.47 Å². The molecule has 0 unspecified atom stereocenters. The van der Waals surface area contributed by atoms with E-state index in [2.05, 4.69) is 10.2 Å². The molecule has 1 heterocycles. The van der Waals surface area contributed by atoms with Crippen LogP contribution in [0, 0.1) is 11.6 Å². The van der Waals surface area contributed by atoms with Gasteiger partial charge in [-0.2, -0.15) is 21.6 Å². The molecule has 0 aliphatic carbocycles. The number of benzene rings is 2. The summed E-state index contributed by atoms with van der Waals surface area (Å²) < 4.78 is 38.7. The minimum atomic E-state index is -1.05. The van der Waals surface area contributed by atoms with Crippen LogP contribution in [0.4, 0.5) is 20.2 Å². The average molecular weight is 428 g/mol. The molecular formula is C22H18F2N2O3S. The van der Waals surface area contributed by atoms with E-state index in [0.29, 0.717) is 18.0 Å². The van der Waals surface area contributed by atoms with Gasteiger partial charge in [0, 0.05) is 18.2 Å². The number of hydrogen-bond donors (Lipinski definition) is 0. The van der Waals surface area contributed by atoms with Crippen molar-refractivity contribution in [3.05, 3.63) is 76.5 Å². The smallest absolute Gasteiger partial charge is 0.336 e. The Hall–Kier alpha value is -3.39. The molecule has 0 aliphatic rings. The zero-order valence-electron chi connectivity index (χ0n) is 16.0. The molecule has 0 saturated heterocycles. The van der Waals surface area contributed by atoms with Gasteiger partial charge in [0.05, 0.1) is 18.0 Å². The number of thiophene rings is 1. The Balaban J connectivity index is 1.66. The number of esters is 1. The number of halogens is 2. The molecule has 3 aromatic rings. The third-order valence-electron chi connectivity index (χ3n) is 3.73. The predicted molar refractivity (Wildman–Crippen MR) is 112 cm³/mol. The predicted octanol–water partition coefficient (Wildman–Crippen LogP) is 6.85. The van der Waals surface area contributed by atoms with Gasteiger partial charge in [0.15, 0.2) is 11.6 Å². The maximum absolute atomic E-state index is 14.2. The Kier molecular flexibility index (Phi) is 7.40. The van der Waals surface area contributed by atoms with E-state index in [1.54, 1.807) is 30.3 Å². The summed E-state index contributed by atoms with van der Waals surface area (Å²) in [5, 5.41) is 11.4. The zero-order valence-corrected chi connectivity index (χ0v) is 16.9. The van der Waals surface area contributed by atoms with E-state index >= 15 is 0 Å². The van der Waals surface area contributed by atoms with Crippen molar-refractivity contribution in [1.82, 2.24) is 0 Å². The monoisotopic (exact) mass is 428 g/mol. The van der Waals surface area contributed by atoms with Crippen molar-refractivity contribution < 1.29 is 23.0 Å². The number of rotatable bonds is 8. The first-order valence-corrected chi connectivity index (χ1v) is 10.0. The molecule has 1 aromatic heterocycles. The maximum atomic E-state index is 14.2. The molecule has 0 radical (unpaired) electrons. The lowest BCUT2D eigenvalue weighted by Gasteiger charge is -2.05. The minimum Gasteiger partial charge on any atom is -0.494 e. The molecule has 5 nitrogen and oxygen atoms in total. The normalized spacial score (nSPS) is 11.3. The van der Waals surface area contributed by atoms with E-state index in [9.17, 15) is 13.6 Å². The number of nitrogens with zero attached hydrogens (tertiary/aromatic N) is 2. The van der Waals surface area contributed by atoms with Gasteiger partial charge in [-0.05, 0) is 59.2 Å². The molecule has 30 heavy (non-hydrogen) atoms. The third-order valence-corrected chi connectivity index (χ3v) is 4.43. The van der Waals surface area contributed by atoms with Gasteiger partial charge in [-0.25, -0.2) is 13.6 Å². The fourth-order valence-electron chi connectivity index (χ4n) is 2.31. The van der Waals surface area contributed by atoms with Gasteiger partial charge >= 0.3 is 5.97 Å². The second kappa shape index (κ2) is 10.4. The van der Waals surface area contributed by atoms with Crippen molar-refractivity contribution >= 4 is 34.8 Å². The first-order chi connectivity index (χ1) is 14.5. The van der Waals surface area contributed by atoms with Crippen LogP contribution in [0.25, 0.3) is 6.08 Å². The lowest BCUT2D eigenvalue weighted by Crippen LogP contribution is -2.06. The van der Waals surface area contributed by atoms with Crippen LogP contribution < -0.4 is 9.47 Å². The van der Waals surface area contributed by atoms with Crippen molar-refractivity contribution in [2.45, 2.75) is 13.3 Å². The van der Waals surface area contributed by atoms with E-state index in [0.717, 1.165) is 30.2 Å². The van der Waals surface area contributed by atoms with Crippen LogP contribution in [-0.4, -0.2) is 12.6 Å². The van der Waals surface area contributed by atoms with Crippen LogP contribution in [0.1, 0.15) is 18.9 Å². The van der Waals surface area contributed by atoms with Gasteiger partial charge in [0.25, 0.3) is 0 Å². The van der Waals surface area contributed by atoms with Gasteiger partial charge in [-0.15, -0.1) is 0 Å². The highest BCUT2D eigenvalue weighted by molar-refractivity contribution is 7.08. The molecule has 154 valence electrons. The molecule has 0 fully saturated rings. The van der Waals surface area contributed by atoms with Crippen LogP contribution in [0.5, 0.6) is 11.5 Å². The molecule has 0 atom stereocenters. The van der Waals surface area contributed by atoms with Crippen LogP contribution in [0.15, 0.2) is 69.5 Å². The fourth-order valence-corrected chi connectivity index (χ4v) is 2.94. The Morgan fingerprint density at radius 3 is 2.40 bits per heavy atom. The highest BCUT2D eigenvalue weighted by atomic mass is 32.1. The van der Waals surface area contributed by atoms with Gasteiger partial charge in [-0.3, -0.25) is 0 Å². The van der Waals surface area contributed by atoms with E-state index in [1.165, 1.54) is 17.4 Å². The number of carbonyl (C=O) groups is 1. The Morgan fingerprint density at radius 1 is 1.07 bits per heavy atom. The van der Waals surface area contributed by atoms with Gasteiger partial charge in [0.1, 0.15) is 5.75 Å². The number of ether oxygens (including phenoxy) is 2. The molecule has 0 spiro atoms. The van der Waals surface area contributed by atoms with Crippen molar-refractivity contribution in [2.24, 2.45) is 10.2 Å². The molecule has 0 bridgehead atoms. The average Bonchev–Trinajstić information content (AvgIpc) is 3.26. The molecule has 0 amide bonds. The molecule has 2 aromatic carbocycles. The second-order valence-electron chi connectivity index (χ2n) is 6.09. The lowest BCUT2D eigenvalue weighted by atomic mass is 10.2. The molecule has 0 saturated carbocycles. The van der Waals surface area contributed by atoms with Crippen molar-refractivity contribution in [2.75, 3.05) is 6.61 Å². The summed E-state index contributed by atoms with van der Waals surface area (Å²) in [5.41, 5.74) is 1.23. The highest BCUT2D eigenvalue weighted by Crippen LogP contribution is 2.29. The summed E-state index contributed by atoms with van der Waals surface area (Å²) in [4.78, 5) is 11.8. The van der Waals surface area contributed by atoms with E-state index < -0.39 is 23.4 Å². The van der Waals surface area contributed by atoms with Crippen LogP contribution >= 0.6 is 11.3 Å². The summed E-state index contributed by atoms with van der Waals surface area (Å²) in [6, 6.07) is 10.5. The number of azo groups is 1. The van der Waals surface area contributed by atoms with E-state index in [1.807, 2.05) is 17.7 Å². The lowest BCUT2D eigenvalue weighted by molar-refractivity contribution is -0.129. The number of carbonyl (C=O) groups excluding carboxylic acids is 1. The Bertz CT molecular complexity index is 1030. The Labute approximate surface area is 176 Å². The standard InChI is InChI=1S/C22H18F2N2O3S/c1-2-10-28-18-6-4-16(5-7-18)25-26-17-12-19(23)22(20(24)13-17)29-21(27)8-3-15-9-11-30-14-15/h3-9,11-14H,2,10H2,1H3/b8-3+,26-25?. The SMILES string of the molecule is CCCOc1ccc(N=Nc2cc(F)c(OC(=O)/C=C/c3ccsc3)c(F)c2)cc1. The van der Waals surface area contributed by atoms with Gasteiger partial charge in [-0.1, -0.05) is 6.92 Å². The second-order valence-corrected chi connectivity index (χ2v) is 6.87. The molecule has 0 N–H and O–H groups in total. The van der Waals surface area contributed by atoms with Crippen molar-refractivity contribution in [3.63, 3.8) is 0 Å². The van der Waals surface area contributed by atoms with Gasteiger partial charge in [0.2, 0.25) is 5.75 Å². The largest absolute Gasteiger partial charge is 0.494 e. The maximum Gasteiger partial charge on any atom is 0.336 e.